The van der Waals surface area contributed by atoms with Crippen LogP contribution in [0.15, 0.2) is 0 Å². The molecule has 3 N–H and O–H groups in total. The van der Waals surface area contributed by atoms with Gasteiger partial charge in [-0.1, -0.05) is 0 Å². The van der Waals surface area contributed by atoms with Gasteiger partial charge >= 0.3 is 0 Å². The molecular formula is C11H24ClN3O2. The van der Waals surface area contributed by atoms with Crippen molar-refractivity contribution in [3.8, 4) is 0 Å². The summed E-state index contributed by atoms with van der Waals surface area (Å²) in [4.78, 5) is 22.5. The van der Waals surface area contributed by atoms with Crippen molar-refractivity contribution in [3.63, 3.8) is 0 Å². The molecule has 0 rings (SSSR count). The van der Waals surface area contributed by atoms with Gasteiger partial charge in [0.25, 0.3) is 0 Å². The van der Waals surface area contributed by atoms with Crippen molar-refractivity contribution in [2.45, 2.75) is 39.2 Å². The lowest BCUT2D eigenvalue weighted by atomic mass is 10.3. The van der Waals surface area contributed by atoms with Crippen LogP contribution in [-0.4, -0.2) is 38.0 Å². The van der Waals surface area contributed by atoms with Crippen LogP contribution in [0.2, 0.25) is 0 Å². The van der Waals surface area contributed by atoms with E-state index in [1.165, 1.54) is 0 Å². The highest BCUT2D eigenvalue weighted by Crippen LogP contribution is 1.87. The van der Waals surface area contributed by atoms with Crippen molar-refractivity contribution in [2.24, 2.45) is 0 Å². The van der Waals surface area contributed by atoms with E-state index in [2.05, 4.69) is 16.0 Å². The summed E-state index contributed by atoms with van der Waals surface area (Å²) in [5.74, 6) is -0.0156. The largest absolute Gasteiger partial charge is 0.356 e. The van der Waals surface area contributed by atoms with Crippen LogP contribution >= 0.6 is 12.4 Å². The number of rotatable bonds is 8. The Morgan fingerprint density at radius 1 is 1.06 bits per heavy atom. The van der Waals surface area contributed by atoms with Crippen LogP contribution in [-0.2, 0) is 9.59 Å². The Hall–Kier alpha value is -0.810. The quantitative estimate of drug-likeness (QED) is 0.558. The summed E-state index contributed by atoms with van der Waals surface area (Å²) in [5.41, 5.74) is 0. The lowest BCUT2D eigenvalue weighted by Crippen LogP contribution is -2.34. The number of hydrogen-bond acceptors (Lipinski definition) is 3. The minimum atomic E-state index is -0.0227. The monoisotopic (exact) mass is 265 g/mol. The van der Waals surface area contributed by atoms with Gasteiger partial charge in [-0.15, -0.1) is 12.4 Å². The highest BCUT2D eigenvalue weighted by atomic mass is 35.5. The van der Waals surface area contributed by atoms with Crippen LogP contribution in [0.5, 0.6) is 0 Å². The maximum Gasteiger partial charge on any atom is 0.221 e. The van der Waals surface area contributed by atoms with Gasteiger partial charge in [0.05, 0.1) is 0 Å². The van der Waals surface area contributed by atoms with E-state index < -0.39 is 0 Å². The molecule has 0 saturated heterocycles. The van der Waals surface area contributed by atoms with E-state index >= 15 is 0 Å². The molecule has 0 saturated carbocycles. The van der Waals surface area contributed by atoms with Gasteiger partial charge in [-0.25, -0.2) is 0 Å². The Morgan fingerprint density at radius 3 is 2.24 bits per heavy atom. The summed E-state index contributed by atoms with van der Waals surface area (Å²) in [6.07, 6.45) is 1.67. The van der Waals surface area contributed by atoms with Crippen molar-refractivity contribution in [1.82, 2.24) is 16.0 Å². The zero-order chi connectivity index (χ0) is 12.4. The number of amides is 2. The van der Waals surface area contributed by atoms with Crippen LogP contribution < -0.4 is 16.0 Å². The first-order chi connectivity index (χ1) is 7.56. The molecule has 0 fully saturated rings. The van der Waals surface area contributed by atoms with Gasteiger partial charge in [0.2, 0.25) is 11.8 Å². The second kappa shape index (κ2) is 11.7. The van der Waals surface area contributed by atoms with Crippen molar-refractivity contribution in [3.05, 3.63) is 0 Å². The topological polar surface area (TPSA) is 70.2 Å². The van der Waals surface area contributed by atoms with Gasteiger partial charge in [0.15, 0.2) is 0 Å². The van der Waals surface area contributed by atoms with Gasteiger partial charge in [-0.05, 0) is 33.9 Å². The highest BCUT2D eigenvalue weighted by Gasteiger charge is 2.04. The first-order valence-electron chi connectivity index (χ1n) is 5.77. The third-order valence-electron chi connectivity index (χ3n) is 1.95. The van der Waals surface area contributed by atoms with E-state index in [1.54, 1.807) is 0 Å². The molecule has 0 aliphatic rings. The summed E-state index contributed by atoms with van der Waals surface area (Å²) < 4.78 is 0. The lowest BCUT2D eigenvalue weighted by molar-refractivity contribution is -0.122. The molecule has 6 heteroatoms. The molecule has 17 heavy (non-hydrogen) atoms. The Kier molecular flexibility index (Phi) is 12.7. The normalized spacial score (nSPS) is 9.65. The fourth-order valence-electron chi connectivity index (χ4n) is 1.22. The number of nitrogens with one attached hydrogen (secondary N) is 3. The average Bonchev–Trinajstić information content (AvgIpc) is 2.17. The molecule has 0 aromatic heterocycles. The molecule has 0 aliphatic carbocycles. The summed E-state index contributed by atoms with van der Waals surface area (Å²) in [7, 11) is 1.86. The fraction of sp³-hybridized carbons (Fsp3) is 0.818. The minimum absolute atomic E-state index is 0. The second-order valence-corrected chi connectivity index (χ2v) is 4.03. The molecule has 0 spiro atoms. The van der Waals surface area contributed by atoms with Crippen LogP contribution in [0.3, 0.4) is 0 Å². The Morgan fingerprint density at radius 2 is 1.71 bits per heavy atom. The standard InChI is InChI=1S/C11H23N3O2.ClH/c1-9(2)14-11(16)6-8-13-10(15)5-4-7-12-3;/h9,12H,4-8H2,1-3H3,(H,13,15)(H,14,16);1H. The molecule has 0 aromatic carbocycles. The van der Waals surface area contributed by atoms with E-state index in [0.29, 0.717) is 19.4 Å². The van der Waals surface area contributed by atoms with E-state index in [9.17, 15) is 9.59 Å². The van der Waals surface area contributed by atoms with Crippen LogP contribution in [0.4, 0.5) is 0 Å². The van der Waals surface area contributed by atoms with Gasteiger partial charge in [-0.2, -0.15) is 0 Å². The van der Waals surface area contributed by atoms with Crippen LogP contribution in [0, 0.1) is 0 Å². The Balaban J connectivity index is 0. The summed E-state index contributed by atoms with van der Waals surface area (Å²) in [6, 6.07) is 0.152. The predicted molar refractivity (Wildman–Crippen MR) is 71.3 cm³/mol. The minimum Gasteiger partial charge on any atom is -0.356 e. The van der Waals surface area contributed by atoms with Crippen molar-refractivity contribution < 1.29 is 9.59 Å². The SMILES string of the molecule is CNCCCC(=O)NCCC(=O)NC(C)C.Cl. The molecule has 0 radical (unpaired) electrons. The number of halogens is 1. The number of hydrogen-bond donors (Lipinski definition) is 3. The molecule has 5 nitrogen and oxygen atoms in total. The first-order valence-corrected chi connectivity index (χ1v) is 5.77. The predicted octanol–water partition coefficient (Wildman–Crippen LogP) is 0.439. The lowest BCUT2D eigenvalue weighted by Gasteiger charge is -2.08. The summed E-state index contributed by atoms with van der Waals surface area (Å²) in [6.45, 7) is 5.07. The fourth-order valence-corrected chi connectivity index (χ4v) is 1.22. The van der Waals surface area contributed by atoms with E-state index in [0.717, 1.165) is 13.0 Å². The molecule has 0 aromatic rings. The van der Waals surface area contributed by atoms with Gasteiger partial charge in [0.1, 0.15) is 0 Å². The van der Waals surface area contributed by atoms with Crippen LogP contribution in [0.25, 0.3) is 0 Å². The van der Waals surface area contributed by atoms with E-state index in [4.69, 9.17) is 0 Å². The molecule has 0 bridgehead atoms. The smallest absolute Gasteiger partial charge is 0.221 e. The van der Waals surface area contributed by atoms with Gasteiger partial charge in [0, 0.05) is 25.4 Å². The summed E-state index contributed by atoms with van der Waals surface area (Å²) in [5, 5.41) is 8.46. The third kappa shape index (κ3) is 13.1. The molecular weight excluding hydrogens is 242 g/mol. The van der Waals surface area contributed by atoms with Gasteiger partial charge < -0.3 is 16.0 Å². The maximum atomic E-state index is 11.3. The van der Waals surface area contributed by atoms with Crippen molar-refractivity contribution in [1.29, 1.82) is 0 Å². The third-order valence-corrected chi connectivity index (χ3v) is 1.95. The molecule has 102 valence electrons. The number of carbonyl (C=O) groups excluding carboxylic acids is 2. The zero-order valence-corrected chi connectivity index (χ0v) is 11.7. The molecule has 2 amide bonds. The van der Waals surface area contributed by atoms with E-state index in [1.807, 2.05) is 20.9 Å². The maximum absolute atomic E-state index is 11.3. The van der Waals surface area contributed by atoms with Gasteiger partial charge in [-0.3, -0.25) is 9.59 Å². The van der Waals surface area contributed by atoms with Crippen LogP contribution in [0.1, 0.15) is 33.1 Å². The zero-order valence-electron chi connectivity index (χ0n) is 10.8. The Bertz CT molecular complexity index is 223. The Labute approximate surface area is 110 Å². The molecule has 0 atom stereocenters. The number of carbonyl (C=O) groups is 2. The highest BCUT2D eigenvalue weighted by molar-refractivity contribution is 5.85. The molecule has 0 unspecified atom stereocenters. The van der Waals surface area contributed by atoms with Crippen molar-refractivity contribution in [2.75, 3.05) is 20.1 Å². The van der Waals surface area contributed by atoms with E-state index in [-0.39, 0.29) is 30.3 Å². The molecule has 0 aliphatic heterocycles. The van der Waals surface area contributed by atoms with Crippen molar-refractivity contribution >= 4 is 24.2 Å². The summed E-state index contributed by atoms with van der Waals surface area (Å²) >= 11 is 0. The first kappa shape index (κ1) is 18.6. The second-order valence-electron chi connectivity index (χ2n) is 4.03. The average molecular weight is 266 g/mol. The molecule has 0 heterocycles.